The van der Waals surface area contributed by atoms with Crippen LogP contribution in [0.4, 0.5) is 13.2 Å². The molecule has 4 rings (SSSR count). The fraction of sp³-hybridized carbons (Fsp3) is 0.714. The molecule has 154 valence electrons. The second-order valence-electron chi connectivity index (χ2n) is 8.71. The molecule has 0 bridgehead atoms. The van der Waals surface area contributed by atoms with Crippen molar-refractivity contribution in [3.8, 4) is 0 Å². The summed E-state index contributed by atoms with van der Waals surface area (Å²) >= 11 is 0. The number of halogens is 3. The first-order chi connectivity index (χ1) is 13.3. The molecular weight excluding hydrogens is 365 g/mol. The Morgan fingerprint density at radius 1 is 1.11 bits per heavy atom. The highest BCUT2D eigenvalue weighted by Crippen LogP contribution is 2.43. The van der Waals surface area contributed by atoms with Crippen molar-refractivity contribution in [3.05, 3.63) is 28.7 Å². The van der Waals surface area contributed by atoms with Gasteiger partial charge in [-0.3, -0.25) is 0 Å². The summed E-state index contributed by atoms with van der Waals surface area (Å²) in [6, 6.07) is 2.00. The third-order valence-corrected chi connectivity index (χ3v) is 6.93. The van der Waals surface area contributed by atoms with Crippen molar-refractivity contribution in [1.82, 2.24) is 19.9 Å². The Morgan fingerprint density at radius 3 is 2.46 bits per heavy atom. The maximum Gasteiger partial charge on any atom is 0.391 e. The number of rotatable bonds is 2. The number of nitrogens with zero attached hydrogens (tertiary/aromatic N) is 3. The van der Waals surface area contributed by atoms with E-state index in [2.05, 4.69) is 19.2 Å². The van der Waals surface area contributed by atoms with Gasteiger partial charge in [0, 0.05) is 30.1 Å². The average molecular weight is 394 g/mol. The SMILES string of the molecule is Cc1nc2cc(C3CCC(C(F)(F)F)CC3)nn2c([C@@H]2CNCC[C@@H]2C)c1C. The van der Waals surface area contributed by atoms with Crippen LogP contribution in [0.2, 0.25) is 0 Å². The summed E-state index contributed by atoms with van der Waals surface area (Å²) in [6.07, 6.45) is -1.46. The number of aromatic nitrogens is 3. The highest BCUT2D eigenvalue weighted by atomic mass is 19.4. The lowest BCUT2D eigenvalue weighted by molar-refractivity contribution is -0.182. The summed E-state index contributed by atoms with van der Waals surface area (Å²) in [5.41, 5.74) is 5.10. The van der Waals surface area contributed by atoms with Crippen molar-refractivity contribution >= 4 is 5.65 Å². The van der Waals surface area contributed by atoms with Crippen molar-refractivity contribution in [2.75, 3.05) is 13.1 Å². The molecule has 1 saturated heterocycles. The number of fused-ring (bicyclic) bond motifs is 1. The highest BCUT2D eigenvalue weighted by molar-refractivity contribution is 5.46. The van der Waals surface area contributed by atoms with Gasteiger partial charge in [0.25, 0.3) is 0 Å². The van der Waals surface area contributed by atoms with Crippen LogP contribution < -0.4 is 5.32 Å². The molecule has 7 heteroatoms. The molecule has 2 atom stereocenters. The van der Waals surface area contributed by atoms with Crippen molar-refractivity contribution in [2.24, 2.45) is 11.8 Å². The first-order valence-electron chi connectivity index (χ1n) is 10.4. The van der Waals surface area contributed by atoms with Gasteiger partial charge < -0.3 is 5.32 Å². The normalized spacial score (nSPS) is 29.4. The number of nitrogens with one attached hydrogen (secondary N) is 1. The third-order valence-electron chi connectivity index (χ3n) is 6.93. The monoisotopic (exact) mass is 394 g/mol. The van der Waals surface area contributed by atoms with Crippen LogP contribution in [0.5, 0.6) is 0 Å². The summed E-state index contributed by atoms with van der Waals surface area (Å²) in [6.45, 7) is 8.38. The molecule has 2 aliphatic rings. The molecule has 0 spiro atoms. The van der Waals surface area contributed by atoms with Crippen LogP contribution in [0.3, 0.4) is 0 Å². The maximum absolute atomic E-state index is 13.0. The third kappa shape index (κ3) is 3.53. The molecule has 3 heterocycles. The van der Waals surface area contributed by atoms with E-state index < -0.39 is 12.1 Å². The Balaban J connectivity index is 1.67. The number of aryl methyl sites for hydroxylation is 1. The van der Waals surface area contributed by atoms with Crippen molar-refractivity contribution in [2.45, 2.75) is 70.9 Å². The molecule has 4 nitrogen and oxygen atoms in total. The largest absolute Gasteiger partial charge is 0.391 e. The Morgan fingerprint density at radius 2 is 1.82 bits per heavy atom. The van der Waals surface area contributed by atoms with Gasteiger partial charge in [0.1, 0.15) is 0 Å². The van der Waals surface area contributed by atoms with Crippen LogP contribution in [0, 0.1) is 25.7 Å². The molecule has 0 radical (unpaired) electrons. The molecule has 1 saturated carbocycles. The second-order valence-corrected chi connectivity index (χ2v) is 8.71. The van der Waals surface area contributed by atoms with E-state index in [1.165, 1.54) is 11.3 Å². The van der Waals surface area contributed by atoms with Crippen LogP contribution >= 0.6 is 0 Å². The zero-order valence-electron chi connectivity index (χ0n) is 16.8. The summed E-state index contributed by atoms with van der Waals surface area (Å²) in [7, 11) is 0. The lowest BCUT2D eigenvalue weighted by Crippen LogP contribution is -2.35. The number of hydrogen-bond acceptors (Lipinski definition) is 3. The molecule has 0 unspecified atom stereocenters. The van der Waals surface area contributed by atoms with Gasteiger partial charge in [0.2, 0.25) is 0 Å². The summed E-state index contributed by atoms with van der Waals surface area (Å²) < 4.78 is 40.9. The van der Waals surface area contributed by atoms with E-state index in [9.17, 15) is 13.2 Å². The minimum Gasteiger partial charge on any atom is -0.316 e. The number of hydrogen-bond donors (Lipinski definition) is 1. The van der Waals surface area contributed by atoms with E-state index in [1.54, 1.807) is 0 Å². The predicted molar refractivity (Wildman–Crippen MR) is 103 cm³/mol. The smallest absolute Gasteiger partial charge is 0.316 e. The fourth-order valence-electron chi connectivity index (χ4n) is 4.95. The van der Waals surface area contributed by atoms with Crippen LogP contribution in [0.1, 0.15) is 73.5 Å². The molecule has 0 aromatic carbocycles. The molecule has 1 aliphatic carbocycles. The van der Waals surface area contributed by atoms with Gasteiger partial charge >= 0.3 is 6.18 Å². The molecule has 1 N–H and O–H groups in total. The predicted octanol–water partition coefficient (Wildman–Crippen LogP) is 4.90. The summed E-state index contributed by atoms with van der Waals surface area (Å²) in [5, 5.41) is 8.38. The topological polar surface area (TPSA) is 42.2 Å². The van der Waals surface area contributed by atoms with Crippen LogP contribution in [0.25, 0.3) is 5.65 Å². The molecule has 2 aromatic rings. The zero-order valence-corrected chi connectivity index (χ0v) is 16.8. The van der Waals surface area contributed by atoms with E-state index in [0.29, 0.717) is 24.7 Å². The average Bonchev–Trinajstić information content (AvgIpc) is 3.06. The summed E-state index contributed by atoms with van der Waals surface area (Å²) in [4.78, 5) is 4.73. The van der Waals surface area contributed by atoms with Gasteiger partial charge in [-0.1, -0.05) is 6.92 Å². The van der Waals surface area contributed by atoms with Crippen LogP contribution in [0.15, 0.2) is 6.07 Å². The van der Waals surface area contributed by atoms with E-state index >= 15 is 0 Å². The van der Waals surface area contributed by atoms with Gasteiger partial charge in [-0.15, -0.1) is 0 Å². The van der Waals surface area contributed by atoms with E-state index in [4.69, 9.17) is 10.1 Å². The Labute approximate surface area is 163 Å². The van der Waals surface area contributed by atoms with E-state index in [-0.39, 0.29) is 18.8 Å². The zero-order chi connectivity index (χ0) is 20.1. The second kappa shape index (κ2) is 7.32. The molecular formula is C21H29F3N4. The minimum atomic E-state index is -4.07. The lowest BCUT2D eigenvalue weighted by Gasteiger charge is -2.31. The van der Waals surface area contributed by atoms with Crippen molar-refractivity contribution < 1.29 is 13.2 Å². The van der Waals surface area contributed by atoms with Crippen LogP contribution in [-0.4, -0.2) is 33.9 Å². The van der Waals surface area contributed by atoms with Gasteiger partial charge in [0.05, 0.1) is 17.3 Å². The standard InChI is InChI=1S/C21H29F3N4/c1-12-8-9-25-11-17(12)20-13(2)14(3)26-19-10-18(27-28(19)20)15-4-6-16(7-5-15)21(22,23)24/h10,12,15-17,25H,4-9,11H2,1-3H3/t12-,15?,16?,17+/m0/s1. The molecule has 1 aliphatic heterocycles. The first-order valence-corrected chi connectivity index (χ1v) is 10.4. The molecule has 28 heavy (non-hydrogen) atoms. The van der Waals surface area contributed by atoms with Gasteiger partial charge in [0.15, 0.2) is 5.65 Å². The fourth-order valence-corrected chi connectivity index (χ4v) is 4.95. The first kappa shape index (κ1) is 19.7. The highest BCUT2D eigenvalue weighted by Gasteiger charge is 2.42. The molecule has 0 amide bonds. The molecule has 2 aromatic heterocycles. The van der Waals surface area contributed by atoms with Gasteiger partial charge in [-0.2, -0.15) is 18.3 Å². The number of alkyl halides is 3. The maximum atomic E-state index is 13.0. The van der Waals surface area contributed by atoms with Gasteiger partial charge in [-0.25, -0.2) is 9.50 Å². The van der Waals surface area contributed by atoms with Crippen LogP contribution in [-0.2, 0) is 0 Å². The Kier molecular flexibility index (Phi) is 5.14. The summed E-state index contributed by atoms with van der Waals surface area (Å²) in [5.74, 6) is -0.143. The van der Waals surface area contributed by atoms with Gasteiger partial charge in [-0.05, 0) is 64.0 Å². The molecule has 2 fully saturated rings. The van der Waals surface area contributed by atoms with Crippen molar-refractivity contribution in [3.63, 3.8) is 0 Å². The lowest BCUT2D eigenvalue weighted by atomic mass is 9.80. The Hall–Kier alpha value is -1.63. The Bertz CT molecular complexity index is 849. The quantitative estimate of drug-likeness (QED) is 0.788. The number of piperidine rings is 1. The van der Waals surface area contributed by atoms with Crippen molar-refractivity contribution in [1.29, 1.82) is 0 Å². The minimum absolute atomic E-state index is 0.0932. The van der Waals surface area contributed by atoms with E-state index in [1.807, 2.05) is 17.5 Å². The van der Waals surface area contributed by atoms with E-state index in [0.717, 1.165) is 36.5 Å².